The molecular formula is C11H25N3O. The highest BCUT2D eigenvalue weighted by Crippen LogP contribution is 2.20. The lowest BCUT2D eigenvalue weighted by molar-refractivity contribution is 0.155. The molecule has 0 aliphatic carbocycles. The normalized spacial score (nSPS) is 12.9. The number of rotatable bonds is 7. The van der Waals surface area contributed by atoms with Crippen LogP contribution in [-0.2, 0) is 4.74 Å². The minimum atomic E-state index is 0.147. The van der Waals surface area contributed by atoms with Crippen molar-refractivity contribution in [3.8, 4) is 0 Å². The van der Waals surface area contributed by atoms with E-state index in [0.29, 0.717) is 5.96 Å². The lowest BCUT2D eigenvalue weighted by Gasteiger charge is -2.21. The Balaban J connectivity index is 3.88. The van der Waals surface area contributed by atoms with Crippen LogP contribution in [0.1, 0.15) is 33.6 Å². The van der Waals surface area contributed by atoms with Crippen LogP contribution in [0.25, 0.3) is 0 Å². The number of nitrogens with zero attached hydrogens (tertiary/aromatic N) is 1. The molecule has 0 radical (unpaired) electrons. The van der Waals surface area contributed by atoms with Crippen LogP contribution < -0.4 is 11.1 Å². The highest BCUT2D eigenvalue weighted by atomic mass is 16.5. The van der Waals surface area contributed by atoms with Crippen molar-refractivity contribution >= 4 is 5.96 Å². The maximum Gasteiger partial charge on any atom is 0.188 e. The number of nitrogens with one attached hydrogen (secondary N) is 1. The Hall–Kier alpha value is -0.770. The van der Waals surface area contributed by atoms with Crippen molar-refractivity contribution in [2.24, 2.45) is 16.1 Å². The molecule has 90 valence electrons. The zero-order valence-corrected chi connectivity index (χ0v) is 10.5. The highest BCUT2D eigenvalue weighted by Gasteiger charge is 2.16. The number of hydrogen-bond donors (Lipinski definition) is 2. The Labute approximate surface area is 93.3 Å². The molecule has 0 spiro atoms. The maximum absolute atomic E-state index is 5.70. The first kappa shape index (κ1) is 14.2. The lowest BCUT2D eigenvalue weighted by Crippen LogP contribution is -2.33. The third-order valence-electron chi connectivity index (χ3n) is 2.22. The van der Waals surface area contributed by atoms with Crippen LogP contribution in [0.3, 0.4) is 0 Å². The van der Waals surface area contributed by atoms with E-state index in [-0.39, 0.29) is 5.41 Å². The number of methoxy groups -OCH3 is 1. The molecule has 3 N–H and O–H groups in total. The largest absolute Gasteiger partial charge is 0.385 e. The molecule has 15 heavy (non-hydrogen) atoms. The number of aliphatic imine (C=N–C) groups is 1. The lowest BCUT2D eigenvalue weighted by atomic mass is 9.90. The Kier molecular flexibility index (Phi) is 7.13. The molecule has 0 aliphatic heterocycles. The zero-order valence-electron chi connectivity index (χ0n) is 10.5. The van der Waals surface area contributed by atoms with Crippen molar-refractivity contribution in [1.82, 2.24) is 5.32 Å². The first-order valence-electron chi connectivity index (χ1n) is 5.54. The molecule has 0 saturated carbocycles. The van der Waals surface area contributed by atoms with Gasteiger partial charge in [-0.05, 0) is 18.3 Å². The van der Waals surface area contributed by atoms with Gasteiger partial charge in [0.15, 0.2) is 5.96 Å². The van der Waals surface area contributed by atoms with Gasteiger partial charge in [-0.25, -0.2) is 0 Å². The van der Waals surface area contributed by atoms with Gasteiger partial charge < -0.3 is 15.8 Å². The van der Waals surface area contributed by atoms with Crippen LogP contribution in [-0.4, -0.2) is 32.8 Å². The molecule has 4 heteroatoms. The standard InChI is InChI=1S/C11H25N3O/c1-5-7-13-10(12)14-9-11(2,3)6-8-15-4/h5-9H2,1-4H3,(H3,12,13,14). The number of ether oxygens (including phenoxy) is 1. The van der Waals surface area contributed by atoms with Gasteiger partial charge in [-0.1, -0.05) is 20.8 Å². The molecule has 0 aromatic heterocycles. The van der Waals surface area contributed by atoms with Crippen LogP contribution in [0.2, 0.25) is 0 Å². The van der Waals surface area contributed by atoms with Gasteiger partial charge in [-0.3, -0.25) is 4.99 Å². The van der Waals surface area contributed by atoms with E-state index in [0.717, 1.165) is 32.5 Å². The van der Waals surface area contributed by atoms with Crippen molar-refractivity contribution < 1.29 is 4.74 Å². The third kappa shape index (κ3) is 8.24. The van der Waals surface area contributed by atoms with E-state index < -0.39 is 0 Å². The van der Waals surface area contributed by atoms with E-state index in [4.69, 9.17) is 10.5 Å². The first-order chi connectivity index (χ1) is 7.02. The van der Waals surface area contributed by atoms with Crippen molar-refractivity contribution in [3.63, 3.8) is 0 Å². The van der Waals surface area contributed by atoms with E-state index in [1.807, 2.05) is 0 Å². The molecule has 4 nitrogen and oxygen atoms in total. The molecule has 0 amide bonds. The second-order valence-corrected chi connectivity index (χ2v) is 4.54. The van der Waals surface area contributed by atoms with Crippen LogP contribution in [0.5, 0.6) is 0 Å². The molecule has 0 atom stereocenters. The number of nitrogens with two attached hydrogens (primary N) is 1. The Morgan fingerprint density at radius 2 is 2.13 bits per heavy atom. The predicted molar refractivity (Wildman–Crippen MR) is 65.1 cm³/mol. The molecule has 0 unspecified atom stereocenters. The summed E-state index contributed by atoms with van der Waals surface area (Å²) in [5.41, 5.74) is 5.85. The van der Waals surface area contributed by atoms with Crippen molar-refractivity contribution in [3.05, 3.63) is 0 Å². The summed E-state index contributed by atoms with van der Waals surface area (Å²) in [6.45, 7) is 8.82. The molecule has 0 heterocycles. The second-order valence-electron chi connectivity index (χ2n) is 4.54. The van der Waals surface area contributed by atoms with Gasteiger partial charge in [0.25, 0.3) is 0 Å². The van der Waals surface area contributed by atoms with Gasteiger partial charge in [0.05, 0.1) is 0 Å². The minimum absolute atomic E-state index is 0.147. The van der Waals surface area contributed by atoms with Gasteiger partial charge in [0, 0.05) is 26.8 Å². The SMILES string of the molecule is CCCNC(N)=NCC(C)(C)CCOC. The topological polar surface area (TPSA) is 59.6 Å². The molecule has 0 bridgehead atoms. The van der Waals surface area contributed by atoms with Gasteiger partial charge in [0.1, 0.15) is 0 Å². The van der Waals surface area contributed by atoms with Gasteiger partial charge >= 0.3 is 0 Å². The van der Waals surface area contributed by atoms with Crippen LogP contribution in [0.4, 0.5) is 0 Å². The maximum atomic E-state index is 5.70. The third-order valence-corrected chi connectivity index (χ3v) is 2.22. The quantitative estimate of drug-likeness (QED) is 0.498. The van der Waals surface area contributed by atoms with Crippen molar-refractivity contribution in [2.45, 2.75) is 33.6 Å². The van der Waals surface area contributed by atoms with Crippen LogP contribution in [0, 0.1) is 5.41 Å². The van der Waals surface area contributed by atoms with E-state index >= 15 is 0 Å². The molecule has 0 aromatic rings. The van der Waals surface area contributed by atoms with Gasteiger partial charge in [-0.15, -0.1) is 0 Å². The average molecular weight is 215 g/mol. The summed E-state index contributed by atoms with van der Waals surface area (Å²) in [5, 5.41) is 3.06. The molecule has 0 aromatic carbocycles. The summed E-state index contributed by atoms with van der Waals surface area (Å²) in [6.07, 6.45) is 2.05. The Morgan fingerprint density at radius 3 is 2.67 bits per heavy atom. The summed E-state index contributed by atoms with van der Waals surface area (Å²) in [7, 11) is 1.72. The zero-order chi connectivity index (χ0) is 11.7. The van der Waals surface area contributed by atoms with Crippen LogP contribution >= 0.6 is 0 Å². The van der Waals surface area contributed by atoms with E-state index in [1.54, 1.807) is 7.11 Å². The molecule has 0 fully saturated rings. The fourth-order valence-electron chi connectivity index (χ4n) is 1.07. The van der Waals surface area contributed by atoms with Gasteiger partial charge in [-0.2, -0.15) is 0 Å². The monoisotopic (exact) mass is 215 g/mol. The van der Waals surface area contributed by atoms with E-state index in [9.17, 15) is 0 Å². The summed E-state index contributed by atoms with van der Waals surface area (Å²) >= 11 is 0. The van der Waals surface area contributed by atoms with Crippen molar-refractivity contribution in [2.75, 3.05) is 26.8 Å². The minimum Gasteiger partial charge on any atom is -0.385 e. The fraction of sp³-hybridized carbons (Fsp3) is 0.909. The smallest absolute Gasteiger partial charge is 0.188 e. The Morgan fingerprint density at radius 1 is 1.47 bits per heavy atom. The summed E-state index contributed by atoms with van der Waals surface area (Å²) in [6, 6.07) is 0. The fourth-order valence-corrected chi connectivity index (χ4v) is 1.07. The second kappa shape index (κ2) is 7.51. The molecule has 0 saturated heterocycles. The molecule has 0 rings (SSSR count). The summed E-state index contributed by atoms with van der Waals surface area (Å²) < 4.78 is 5.05. The number of hydrogen-bond acceptors (Lipinski definition) is 2. The summed E-state index contributed by atoms with van der Waals surface area (Å²) in [4.78, 5) is 4.31. The van der Waals surface area contributed by atoms with Crippen LogP contribution in [0.15, 0.2) is 4.99 Å². The van der Waals surface area contributed by atoms with Gasteiger partial charge in [0.2, 0.25) is 0 Å². The van der Waals surface area contributed by atoms with Crippen molar-refractivity contribution in [1.29, 1.82) is 0 Å². The summed E-state index contributed by atoms with van der Waals surface area (Å²) in [5.74, 6) is 0.544. The Bertz CT molecular complexity index is 190. The average Bonchev–Trinajstić information content (AvgIpc) is 2.21. The first-order valence-corrected chi connectivity index (χ1v) is 5.54. The molecule has 0 aliphatic rings. The number of guanidine groups is 1. The van der Waals surface area contributed by atoms with E-state index in [2.05, 4.69) is 31.1 Å². The van der Waals surface area contributed by atoms with E-state index in [1.165, 1.54) is 0 Å². The molecular weight excluding hydrogens is 190 g/mol. The highest BCUT2D eigenvalue weighted by molar-refractivity contribution is 5.77. The predicted octanol–water partition coefficient (Wildman–Crippen LogP) is 1.36.